The Morgan fingerprint density at radius 1 is 0.932 bits per heavy atom. The fraction of sp³-hybridized carbons (Fsp3) is 0.467. The van der Waals surface area contributed by atoms with E-state index in [9.17, 15) is 43.5 Å². The summed E-state index contributed by atoms with van der Waals surface area (Å²) in [5, 5.41) is 49.8. The number of aryl methyl sites for hydroxylation is 1. The second-order valence-electron chi connectivity index (χ2n) is 10.8. The van der Waals surface area contributed by atoms with E-state index in [2.05, 4.69) is 4.72 Å². The van der Waals surface area contributed by atoms with Gasteiger partial charge in [-0.25, -0.2) is 8.42 Å². The molecule has 2 unspecified atom stereocenters. The maximum Gasteiger partial charge on any atom is 0.312 e. The van der Waals surface area contributed by atoms with E-state index in [0.29, 0.717) is 45.7 Å². The quantitative estimate of drug-likeness (QED) is 0.110. The Labute approximate surface area is 254 Å². The number of ether oxygens (including phenoxy) is 2. The lowest BCUT2D eigenvalue weighted by Gasteiger charge is -2.42. The van der Waals surface area contributed by atoms with Crippen LogP contribution < -0.4 is 9.46 Å². The lowest BCUT2D eigenvalue weighted by atomic mass is 9.78. The molecule has 0 bridgehead atoms. The van der Waals surface area contributed by atoms with Gasteiger partial charge in [-0.05, 0) is 48.9 Å². The van der Waals surface area contributed by atoms with Crippen molar-refractivity contribution in [3.63, 3.8) is 0 Å². The molecule has 1 saturated carbocycles. The van der Waals surface area contributed by atoms with E-state index in [4.69, 9.17) is 13.9 Å². The van der Waals surface area contributed by atoms with Crippen LogP contribution in [0.25, 0.3) is 11.0 Å². The van der Waals surface area contributed by atoms with Crippen molar-refractivity contribution < 1.29 is 57.4 Å². The van der Waals surface area contributed by atoms with Crippen LogP contribution in [0.3, 0.4) is 0 Å². The van der Waals surface area contributed by atoms with Gasteiger partial charge in [0.1, 0.15) is 47.4 Å². The fourth-order valence-electron chi connectivity index (χ4n) is 5.21. The van der Waals surface area contributed by atoms with Gasteiger partial charge in [-0.1, -0.05) is 13.3 Å². The molecule has 1 aromatic heterocycles. The van der Waals surface area contributed by atoms with Gasteiger partial charge < -0.3 is 39.4 Å². The van der Waals surface area contributed by atoms with Gasteiger partial charge in [0, 0.05) is 29.5 Å². The molecule has 0 aliphatic heterocycles. The normalized spacial score (nSPS) is 23.9. The lowest BCUT2D eigenvalue weighted by Crippen LogP contribution is -2.63. The average Bonchev–Trinajstić information content (AvgIpc) is 3.33. The smallest absolute Gasteiger partial charge is 0.312 e. The summed E-state index contributed by atoms with van der Waals surface area (Å²) in [4.78, 5) is 25.2. The molecule has 0 radical (unpaired) electrons. The molecule has 2 aromatic carbocycles. The summed E-state index contributed by atoms with van der Waals surface area (Å²) in [6.45, 7) is 2.09. The first-order valence-electron chi connectivity index (χ1n) is 14.2. The molecular formula is C30H37NO12S. The van der Waals surface area contributed by atoms with Gasteiger partial charge in [-0.3, -0.25) is 14.3 Å². The molecule has 1 aliphatic rings. The van der Waals surface area contributed by atoms with Crippen molar-refractivity contribution in [2.24, 2.45) is 5.92 Å². The van der Waals surface area contributed by atoms with Crippen LogP contribution in [0.5, 0.6) is 5.75 Å². The first kappa shape index (κ1) is 33.4. The summed E-state index contributed by atoms with van der Waals surface area (Å²) in [7, 11) is -3.53. The Kier molecular flexibility index (Phi) is 10.7. The van der Waals surface area contributed by atoms with Crippen molar-refractivity contribution in [3.8, 4) is 5.75 Å². The number of anilines is 1. The maximum atomic E-state index is 13.7. The van der Waals surface area contributed by atoms with Crippen molar-refractivity contribution in [2.75, 3.05) is 24.2 Å². The number of unbranched alkanes of at least 4 members (excludes halogenated alkanes) is 1. The SMILES string of the molecule is CCCCc1oc2ccc(NS(C)(=O)=O)cc2c1C(=O)c1ccc(OCCCOC2C(O)[C@H](O)[C@@H](O)[C@H](O)[C@H]2C(=O)O)cc1. The number of rotatable bonds is 14. The number of aliphatic carboxylic acids is 1. The minimum absolute atomic E-state index is 0.0676. The molecule has 13 nitrogen and oxygen atoms in total. The van der Waals surface area contributed by atoms with Gasteiger partial charge in [0.25, 0.3) is 0 Å². The van der Waals surface area contributed by atoms with Crippen molar-refractivity contribution in [1.29, 1.82) is 0 Å². The number of hydrogen-bond acceptors (Lipinski definition) is 11. The number of carboxylic acid groups (broad SMARTS) is 1. The van der Waals surface area contributed by atoms with Gasteiger partial charge in [0.2, 0.25) is 10.0 Å². The first-order valence-corrected chi connectivity index (χ1v) is 16.1. The Hall–Kier alpha value is -3.53. The van der Waals surface area contributed by atoms with Gasteiger partial charge in [0.15, 0.2) is 5.78 Å². The Balaban J connectivity index is 1.40. The third kappa shape index (κ3) is 7.57. The molecule has 14 heteroatoms. The molecule has 0 spiro atoms. The van der Waals surface area contributed by atoms with Crippen LogP contribution in [0.2, 0.25) is 0 Å². The molecule has 6 atom stereocenters. The zero-order chi connectivity index (χ0) is 32.2. The number of carbonyl (C=O) groups is 2. The van der Waals surface area contributed by atoms with E-state index in [-0.39, 0.29) is 25.4 Å². The van der Waals surface area contributed by atoms with Crippen molar-refractivity contribution >= 4 is 38.4 Å². The zero-order valence-corrected chi connectivity index (χ0v) is 25.1. The predicted octanol–water partition coefficient (Wildman–Crippen LogP) is 1.69. The number of ketones is 1. The molecule has 3 aromatic rings. The van der Waals surface area contributed by atoms with Crippen LogP contribution >= 0.6 is 0 Å². The molecule has 1 heterocycles. The van der Waals surface area contributed by atoms with Crippen molar-refractivity contribution in [1.82, 2.24) is 0 Å². The molecule has 44 heavy (non-hydrogen) atoms. The molecule has 1 aliphatic carbocycles. The fourth-order valence-corrected chi connectivity index (χ4v) is 5.76. The minimum atomic E-state index is -3.53. The second kappa shape index (κ2) is 14.1. The highest BCUT2D eigenvalue weighted by Crippen LogP contribution is 2.33. The van der Waals surface area contributed by atoms with Gasteiger partial charge >= 0.3 is 5.97 Å². The molecule has 240 valence electrons. The molecule has 1 fully saturated rings. The number of furan rings is 1. The predicted molar refractivity (Wildman–Crippen MR) is 158 cm³/mol. The van der Waals surface area contributed by atoms with Crippen LogP contribution in [-0.2, 0) is 26.0 Å². The van der Waals surface area contributed by atoms with Crippen LogP contribution in [0.4, 0.5) is 5.69 Å². The molecule has 0 amide bonds. The number of aliphatic hydroxyl groups is 4. The third-order valence-electron chi connectivity index (χ3n) is 7.43. The summed E-state index contributed by atoms with van der Waals surface area (Å²) >= 11 is 0. The van der Waals surface area contributed by atoms with Crippen LogP contribution in [0, 0.1) is 5.92 Å². The third-order valence-corrected chi connectivity index (χ3v) is 8.03. The number of fused-ring (bicyclic) bond motifs is 1. The standard InChI is InChI=1S/C30H37NO12S/c1-3-4-6-21-22(19-15-17(31-44(2,39)40)9-12-20(19)43-21)24(32)16-7-10-18(11-8-16)41-13-5-14-42-29-23(30(37)38)25(33)26(34)27(35)28(29)36/h7-12,15,23,25-29,31,33-36H,3-6,13-14H2,1-2H3,(H,37,38)/t23-,25-,26+,27-,28?,29?/m1/s1. The van der Waals surface area contributed by atoms with Crippen LogP contribution in [0.15, 0.2) is 46.9 Å². The summed E-state index contributed by atoms with van der Waals surface area (Å²) in [6, 6.07) is 11.2. The number of carbonyl (C=O) groups excluding carboxylic acids is 1. The molecule has 4 rings (SSSR count). The van der Waals surface area contributed by atoms with E-state index in [1.165, 1.54) is 0 Å². The van der Waals surface area contributed by atoms with Crippen molar-refractivity contribution in [3.05, 3.63) is 59.4 Å². The van der Waals surface area contributed by atoms with E-state index in [1.807, 2.05) is 6.92 Å². The monoisotopic (exact) mass is 635 g/mol. The second-order valence-corrected chi connectivity index (χ2v) is 12.6. The van der Waals surface area contributed by atoms with Gasteiger partial charge in [0.05, 0.1) is 31.1 Å². The topological polar surface area (TPSA) is 213 Å². The Morgan fingerprint density at radius 3 is 2.25 bits per heavy atom. The first-order chi connectivity index (χ1) is 20.8. The largest absolute Gasteiger partial charge is 0.494 e. The summed E-state index contributed by atoms with van der Waals surface area (Å²) in [6.07, 6.45) is -5.04. The van der Waals surface area contributed by atoms with Crippen LogP contribution in [0.1, 0.15) is 47.9 Å². The molecular weight excluding hydrogens is 598 g/mol. The summed E-state index contributed by atoms with van der Waals surface area (Å²) < 4.78 is 43.1. The number of hydrogen-bond donors (Lipinski definition) is 6. The number of carboxylic acids is 1. The lowest BCUT2D eigenvalue weighted by molar-refractivity contribution is -0.222. The van der Waals surface area contributed by atoms with Gasteiger partial charge in [-0.15, -0.1) is 0 Å². The van der Waals surface area contributed by atoms with E-state index < -0.39 is 52.4 Å². The Morgan fingerprint density at radius 2 is 1.61 bits per heavy atom. The van der Waals surface area contributed by atoms with E-state index in [1.54, 1.807) is 42.5 Å². The highest BCUT2D eigenvalue weighted by atomic mass is 32.2. The number of nitrogens with one attached hydrogen (secondary N) is 1. The maximum absolute atomic E-state index is 13.7. The summed E-state index contributed by atoms with van der Waals surface area (Å²) in [5.41, 5.74) is 1.51. The number of aliphatic hydroxyl groups excluding tert-OH is 4. The number of benzene rings is 2. The average molecular weight is 636 g/mol. The number of sulfonamides is 1. The molecule has 6 N–H and O–H groups in total. The molecule has 0 saturated heterocycles. The van der Waals surface area contributed by atoms with E-state index >= 15 is 0 Å². The van der Waals surface area contributed by atoms with Crippen LogP contribution in [-0.4, -0.2) is 95.7 Å². The minimum Gasteiger partial charge on any atom is -0.494 e. The highest BCUT2D eigenvalue weighted by Gasteiger charge is 2.52. The van der Waals surface area contributed by atoms with E-state index in [0.717, 1.165) is 19.1 Å². The highest BCUT2D eigenvalue weighted by molar-refractivity contribution is 7.92. The van der Waals surface area contributed by atoms with Gasteiger partial charge in [-0.2, -0.15) is 0 Å². The zero-order valence-electron chi connectivity index (χ0n) is 24.3. The summed E-state index contributed by atoms with van der Waals surface area (Å²) in [5.74, 6) is -2.44. The Bertz CT molecular complexity index is 1570. The van der Waals surface area contributed by atoms with Crippen molar-refractivity contribution in [2.45, 2.75) is 63.1 Å².